The summed E-state index contributed by atoms with van der Waals surface area (Å²) in [7, 11) is 1.56. The first kappa shape index (κ1) is 22.1. The zero-order valence-corrected chi connectivity index (χ0v) is 15.3. The lowest BCUT2D eigenvalue weighted by Gasteiger charge is -2.14. The molecule has 1 fully saturated rings. The smallest absolute Gasteiger partial charge is 0.332 e. The van der Waals surface area contributed by atoms with Crippen LogP contribution in [-0.2, 0) is 28.5 Å². The van der Waals surface area contributed by atoms with E-state index in [9.17, 15) is 19.8 Å². The Hall–Kier alpha value is -2.16. The molecular formula is C15H24N4O9. The van der Waals surface area contributed by atoms with E-state index in [1.165, 1.54) is 0 Å². The van der Waals surface area contributed by atoms with Crippen molar-refractivity contribution in [2.75, 3.05) is 46.8 Å². The highest BCUT2D eigenvalue weighted by Crippen LogP contribution is 2.28. The Morgan fingerprint density at radius 1 is 1.21 bits per heavy atom. The third-order valence-electron chi connectivity index (χ3n) is 3.76. The number of aliphatic hydroxyl groups excluding tert-OH is 2. The van der Waals surface area contributed by atoms with E-state index in [1.807, 2.05) is 0 Å². The molecule has 1 aromatic heterocycles. The molecule has 0 bridgehead atoms. The van der Waals surface area contributed by atoms with Gasteiger partial charge in [-0.05, 0) is 0 Å². The fraction of sp³-hybridized carbons (Fsp3) is 0.733. The molecule has 1 saturated heterocycles. The maximum atomic E-state index is 11.7. The number of primary amides is 1. The molecule has 2 rings (SSSR count). The molecule has 0 saturated carbocycles. The van der Waals surface area contributed by atoms with Crippen LogP contribution in [-0.4, -0.2) is 102 Å². The molecule has 1 aliphatic heterocycles. The standard InChI is InChI=1S/C15H24N4O9/c1-24-2-3-25-4-5-26-7-10(20)27-6-9-11(21)12(22)15(28-9)19-8-17-14(18-19)13(16)23/h8-9,11-12,15,21-22H,2-7H2,1H3,(H2,16,23)/t9-,11-,12-,15-/m1/s1. The summed E-state index contributed by atoms with van der Waals surface area (Å²) in [5.41, 5.74) is 5.06. The summed E-state index contributed by atoms with van der Waals surface area (Å²) < 4.78 is 26.6. The highest BCUT2D eigenvalue weighted by molar-refractivity contribution is 5.88. The molecule has 158 valence electrons. The number of nitrogens with two attached hydrogens (primary N) is 1. The predicted molar refractivity (Wildman–Crippen MR) is 88.9 cm³/mol. The first-order chi connectivity index (χ1) is 13.4. The zero-order valence-electron chi connectivity index (χ0n) is 15.3. The fourth-order valence-electron chi connectivity index (χ4n) is 2.33. The number of carbonyl (C=O) groups excluding carboxylic acids is 2. The van der Waals surface area contributed by atoms with Crippen LogP contribution in [0.15, 0.2) is 6.33 Å². The van der Waals surface area contributed by atoms with E-state index in [4.69, 9.17) is 29.4 Å². The minimum atomic E-state index is -1.37. The topological polar surface area (TPSA) is 177 Å². The molecule has 13 nitrogen and oxygen atoms in total. The van der Waals surface area contributed by atoms with Gasteiger partial charge in [0.05, 0.1) is 26.4 Å². The molecule has 4 atom stereocenters. The van der Waals surface area contributed by atoms with Crippen molar-refractivity contribution in [3.63, 3.8) is 0 Å². The van der Waals surface area contributed by atoms with Gasteiger partial charge >= 0.3 is 5.97 Å². The Bertz CT molecular complexity index is 641. The Morgan fingerprint density at radius 2 is 1.93 bits per heavy atom. The highest BCUT2D eigenvalue weighted by atomic mass is 16.6. The van der Waals surface area contributed by atoms with Crippen LogP contribution >= 0.6 is 0 Å². The third-order valence-corrected chi connectivity index (χ3v) is 3.76. The van der Waals surface area contributed by atoms with Crippen LogP contribution in [0.4, 0.5) is 0 Å². The lowest BCUT2D eigenvalue weighted by molar-refractivity contribution is -0.155. The molecule has 13 heteroatoms. The highest BCUT2D eigenvalue weighted by Gasteiger charge is 2.45. The molecule has 2 heterocycles. The molecule has 28 heavy (non-hydrogen) atoms. The lowest BCUT2D eigenvalue weighted by Crippen LogP contribution is -2.34. The second kappa shape index (κ2) is 11.0. The summed E-state index contributed by atoms with van der Waals surface area (Å²) in [6, 6.07) is 0. The first-order valence-corrected chi connectivity index (χ1v) is 8.46. The number of hydrogen-bond acceptors (Lipinski definition) is 11. The molecule has 1 aromatic rings. The number of aliphatic hydroxyl groups is 2. The third kappa shape index (κ3) is 6.19. The quantitative estimate of drug-likeness (QED) is 0.242. The van der Waals surface area contributed by atoms with E-state index >= 15 is 0 Å². The maximum absolute atomic E-state index is 11.7. The minimum Gasteiger partial charge on any atom is -0.461 e. The Morgan fingerprint density at radius 3 is 2.61 bits per heavy atom. The first-order valence-electron chi connectivity index (χ1n) is 8.46. The van der Waals surface area contributed by atoms with Crippen molar-refractivity contribution in [1.82, 2.24) is 14.8 Å². The van der Waals surface area contributed by atoms with Gasteiger partial charge in [-0.15, -0.1) is 5.10 Å². The monoisotopic (exact) mass is 404 g/mol. The molecule has 1 amide bonds. The van der Waals surface area contributed by atoms with E-state index < -0.39 is 36.4 Å². The number of ether oxygens (including phenoxy) is 5. The largest absolute Gasteiger partial charge is 0.461 e. The van der Waals surface area contributed by atoms with E-state index in [-0.39, 0.29) is 25.6 Å². The van der Waals surface area contributed by atoms with Gasteiger partial charge in [0.1, 0.15) is 37.9 Å². The average molecular weight is 404 g/mol. The van der Waals surface area contributed by atoms with Gasteiger partial charge < -0.3 is 39.6 Å². The number of esters is 1. The van der Waals surface area contributed by atoms with Crippen molar-refractivity contribution in [3.8, 4) is 0 Å². The Kier molecular flexibility index (Phi) is 8.69. The van der Waals surface area contributed by atoms with Crippen LogP contribution in [0, 0.1) is 0 Å². The molecule has 0 unspecified atom stereocenters. The molecule has 0 radical (unpaired) electrons. The van der Waals surface area contributed by atoms with Crippen LogP contribution in [0.5, 0.6) is 0 Å². The van der Waals surface area contributed by atoms with Crippen LogP contribution in [0.1, 0.15) is 16.8 Å². The molecular weight excluding hydrogens is 380 g/mol. The van der Waals surface area contributed by atoms with Gasteiger partial charge in [-0.3, -0.25) is 4.79 Å². The molecule has 0 aliphatic carbocycles. The predicted octanol–water partition coefficient (Wildman–Crippen LogP) is -2.78. The Labute approximate surface area is 160 Å². The van der Waals surface area contributed by atoms with Crippen molar-refractivity contribution in [2.45, 2.75) is 24.5 Å². The van der Waals surface area contributed by atoms with E-state index in [0.717, 1.165) is 11.0 Å². The maximum Gasteiger partial charge on any atom is 0.332 e. The summed E-state index contributed by atoms with van der Waals surface area (Å²) in [5.74, 6) is -1.77. The summed E-state index contributed by atoms with van der Waals surface area (Å²) >= 11 is 0. The van der Waals surface area contributed by atoms with Crippen molar-refractivity contribution in [2.24, 2.45) is 5.73 Å². The van der Waals surface area contributed by atoms with Crippen molar-refractivity contribution >= 4 is 11.9 Å². The lowest BCUT2D eigenvalue weighted by atomic mass is 10.1. The normalized spacial score (nSPS) is 24.4. The molecule has 4 N–H and O–H groups in total. The van der Waals surface area contributed by atoms with Gasteiger partial charge in [0.2, 0.25) is 5.82 Å². The van der Waals surface area contributed by atoms with Gasteiger partial charge in [0, 0.05) is 7.11 Å². The number of nitrogens with zero attached hydrogens (tertiary/aromatic N) is 3. The zero-order chi connectivity index (χ0) is 20.5. The van der Waals surface area contributed by atoms with Crippen molar-refractivity contribution in [3.05, 3.63) is 12.2 Å². The van der Waals surface area contributed by atoms with Crippen LogP contribution in [0.2, 0.25) is 0 Å². The van der Waals surface area contributed by atoms with Crippen LogP contribution < -0.4 is 5.73 Å². The second-order valence-electron chi connectivity index (χ2n) is 5.80. The van der Waals surface area contributed by atoms with Crippen LogP contribution in [0.3, 0.4) is 0 Å². The van der Waals surface area contributed by atoms with Gasteiger partial charge in [-0.2, -0.15) is 0 Å². The summed E-state index contributed by atoms with van der Waals surface area (Å²) in [4.78, 5) is 26.4. The van der Waals surface area contributed by atoms with Crippen LogP contribution in [0.25, 0.3) is 0 Å². The van der Waals surface area contributed by atoms with E-state index in [2.05, 4.69) is 10.1 Å². The van der Waals surface area contributed by atoms with E-state index in [1.54, 1.807) is 7.11 Å². The molecule has 0 spiro atoms. The summed E-state index contributed by atoms with van der Waals surface area (Å²) in [5, 5.41) is 23.9. The van der Waals surface area contributed by atoms with Gasteiger partial charge in [0.15, 0.2) is 6.23 Å². The minimum absolute atomic E-state index is 0.205. The number of methoxy groups -OCH3 is 1. The van der Waals surface area contributed by atoms with Crippen molar-refractivity contribution < 1.29 is 43.5 Å². The number of hydrogen-bond donors (Lipinski definition) is 3. The number of aromatic nitrogens is 3. The summed E-state index contributed by atoms with van der Waals surface area (Å²) in [6.07, 6.45) is -3.68. The Balaban J connectivity index is 1.70. The van der Waals surface area contributed by atoms with Gasteiger partial charge in [0.25, 0.3) is 5.91 Å². The van der Waals surface area contributed by atoms with E-state index in [0.29, 0.717) is 19.8 Å². The van der Waals surface area contributed by atoms with Crippen molar-refractivity contribution in [1.29, 1.82) is 0 Å². The average Bonchev–Trinajstić information content (AvgIpc) is 3.26. The van der Waals surface area contributed by atoms with Gasteiger partial charge in [-0.1, -0.05) is 0 Å². The number of amides is 1. The number of carbonyl (C=O) groups is 2. The SMILES string of the molecule is COCCOCCOCC(=O)OC[C@H]1O[C@@H](n2cnc(C(N)=O)n2)[C@H](O)[C@@H]1O. The summed E-state index contributed by atoms with van der Waals surface area (Å²) in [6.45, 7) is 0.803. The second-order valence-corrected chi connectivity index (χ2v) is 5.80. The fourth-order valence-corrected chi connectivity index (χ4v) is 2.33. The molecule has 1 aliphatic rings. The van der Waals surface area contributed by atoms with Gasteiger partial charge in [-0.25, -0.2) is 14.5 Å². The number of rotatable bonds is 12. The molecule has 0 aromatic carbocycles.